The Hall–Kier alpha value is 2.51. The maximum atomic E-state index is 0. The van der Waals surface area contributed by atoms with E-state index in [1.54, 1.807) is 0 Å². The second-order valence-electron chi connectivity index (χ2n) is 0. The third kappa shape index (κ3) is 8.82. The topological polar surface area (TPSA) is 0 Å². The molecule has 4 heavy (non-hydrogen) atoms. The average molecular weight is 386 g/mol. The van der Waals surface area contributed by atoms with E-state index < -0.39 is 0 Å². The van der Waals surface area contributed by atoms with Gasteiger partial charge in [0, 0.05) is 78.5 Å². The van der Waals surface area contributed by atoms with Crippen molar-refractivity contribution >= 4 is 0 Å². The van der Waals surface area contributed by atoms with E-state index in [0.29, 0.717) is 0 Å². The van der Waals surface area contributed by atoms with Crippen LogP contribution in [0.25, 0.3) is 0 Å². The van der Waals surface area contributed by atoms with E-state index in [1.165, 1.54) is 0 Å². The molecule has 0 aliphatic heterocycles. The fraction of sp³-hybridized carbons (Fsp3) is 0. The van der Waals surface area contributed by atoms with Crippen molar-refractivity contribution in [2.24, 2.45) is 0 Å². The average Bonchev–Trinajstić information content (AvgIpc) is 0. The molecule has 0 aromatic carbocycles. The zero-order chi connectivity index (χ0) is 0. The SMILES string of the molecule is [Nb].[Ni].[V].[W]. The van der Waals surface area contributed by atoms with Crippen LogP contribution in [-0.2, 0) is 78.5 Å². The van der Waals surface area contributed by atoms with Crippen molar-refractivity contribution in [1.82, 2.24) is 0 Å². The molecule has 2 radical (unpaired) electrons. The van der Waals surface area contributed by atoms with Gasteiger partial charge in [0.05, 0.1) is 0 Å². The van der Waals surface area contributed by atoms with Gasteiger partial charge in [-0.05, 0) is 0 Å². The smallest absolute Gasteiger partial charge is 0 e. The zero-order valence-corrected chi connectivity index (χ0v) is 9.14. The number of hydrogen-bond acceptors (Lipinski definition) is 0. The van der Waals surface area contributed by atoms with Gasteiger partial charge in [-0.3, -0.25) is 0 Å². The fourth-order valence-electron chi connectivity index (χ4n) is 0. The van der Waals surface area contributed by atoms with Crippen LogP contribution in [0.1, 0.15) is 0 Å². The molecule has 26 valence electrons. The standard InChI is InChI=1S/Nb.Ni.V.W. The van der Waals surface area contributed by atoms with Crippen LogP contribution >= 0.6 is 0 Å². The molecular weight excluding hydrogens is 386 g/mol. The minimum atomic E-state index is 0. The molecule has 0 amide bonds. The molecule has 0 aromatic rings. The Kier molecular flexibility index (Phi) is 140. The summed E-state index contributed by atoms with van der Waals surface area (Å²) in [5.41, 5.74) is 0. The summed E-state index contributed by atoms with van der Waals surface area (Å²) in [6.07, 6.45) is 0. The van der Waals surface area contributed by atoms with E-state index in [2.05, 4.69) is 0 Å². The summed E-state index contributed by atoms with van der Waals surface area (Å²) < 4.78 is 0. The first-order valence-corrected chi connectivity index (χ1v) is 0. The Morgan fingerprint density at radius 1 is 1.00 bits per heavy atom. The Labute approximate surface area is 77.4 Å². The van der Waals surface area contributed by atoms with Crippen molar-refractivity contribution in [3.8, 4) is 0 Å². The van der Waals surface area contributed by atoms with Crippen LogP contribution in [0.5, 0.6) is 0 Å². The molecular formula is NbNiVW. The van der Waals surface area contributed by atoms with Crippen LogP contribution in [0.2, 0.25) is 0 Å². The van der Waals surface area contributed by atoms with Crippen LogP contribution in [0.3, 0.4) is 0 Å². The molecule has 0 N–H and O–H groups in total. The predicted molar refractivity (Wildman–Crippen MR) is 0 cm³/mol. The molecule has 0 nitrogen and oxygen atoms in total. The van der Waals surface area contributed by atoms with Crippen molar-refractivity contribution in [3.05, 3.63) is 0 Å². The first-order valence-electron chi connectivity index (χ1n) is 0. The molecule has 0 aliphatic rings. The molecule has 0 aromatic heterocycles. The van der Waals surface area contributed by atoms with Crippen LogP contribution < -0.4 is 0 Å². The van der Waals surface area contributed by atoms with E-state index in [1.807, 2.05) is 0 Å². The Morgan fingerprint density at radius 2 is 1.00 bits per heavy atom. The van der Waals surface area contributed by atoms with Gasteiger partial charge in [0.15, 0.2) is 0 Å². The molecule has 0 spiro atoms. The van der Waals surface area contributed by atoms with Crippen LogP contribution in [0.15, 0.2) is 0 Å². The normalized spacial score (nSPS) is 0. The summed E-state index contributed by atoms with van der Waals surface area (Å²) in [4.78, 5) is 0. The van der Waals surface area contributed by atoms with Gasteiger partial charge in [-0.25, -0.2) is 0 Å². The van der Waals surface area contributed by atoms with Crippen molar-refractivity contribution < 1.29 is 78.5 Å². The predicted octanol–water partition coefficient (Wildman–Crippen LogP) is -0.0100. The third-order valence-corrected chi connectivity index (χ3v) is 0. The monoisotopic (exact) mass is 386 g/mol. The second kappa shape index (κ2) is 17.8. The van der Waals surface area contributed by atoms with Gasteiger partial charge in [-0.15, -0.1) is 0 Å². The van der Waals surface area contributed by atoms with Crippen molar-refractivity contribution in [2.45, 2.75) is 0 Å². The molecule has 0 aliphatic carbocycles. The molecule has 0 bridgehead atoms. The Bertz CT molecular complexity index is 8.00. The van der Waals surface area contributed by atoms with Gasteiger partial charge in [0.2, 0.25) is 0 Å². The van der Waals surface area contributed by atoms with Gasteiger partial charge >= 0.3 is 0 Å². The molecule has 4 heteroatoms. The van der Waals surface area contributed by atoms with Crippen molar-refractivity contribution in [1.29, 1.82) is 0 Å². The van der Waals surface area contributed by atoms with E-state index in [4.69, 9.17) is 0 Å². The van der Waals surface area contributed by atoms with Crippen LogP contribution in [0.4, 0.5) is 0 Å². The van der Waals surface area contributed by atoms with Crippen molar-refractivity contribution in [2.75, 3.05) is 0 Å². The molecule has 0 saturated heterocycles. The van der Waals surface area contributed by atoms with Gasteiger partial charge < -0.3 is 0 Å². The Morgan fingerprint density at radius 3 is 1.00 bits per heavy atom. The van der Waals surface area contributed by atoms with Gasteiger partial charge in [-0.2, -0.15) is 0 Å². The van der Waals surface area contributed by atoms with E-state index >= 15 is 0 Å². The van der Waals surface area contributed by atoms with Crippen LogP contribution in [-0.4, -0.2) is 0 Å². The summed E-state index contributed by atoms with van der Waals surface area (Å²) >= 11 is 0. The van der Waals surface area contributed by atoms with E-state index in [-0.39, 0.29) is 78.5 Å². The van der Waals surface area contributed by atoms with E-state index in [9.17, 15) is 0 Å². The summed E-state index contributed by atoms with van der Waals surface area (Å²) in [6, 6.07) is 0. The quantitative estimate of drug-likeness (QED) is 0.514. The minimum Gasteiger partial charge on any atom is 0 e. The molecule has 0 saturated carbocycles. The van der Waals surface area contributed by atoms with E-state index in [0.717, 1.165) is 0 Å². The molecule has 0 fully saturated rings. The first-order chi connectivity index (χ1) is 0. The number of hydrogen-bond donors (Lipinski definition) is 0. The zero-order valence-electron chi connectivity index (χ0n) is 1.62. The maximum Gasteiger partial charge on any atom is 0 e. The first kappa shape index (κ1) is 31.4. The van der Waals surface area contributed by atoms with Gasteiger partial charge in [0.1, 0.15) is 0 Å². The summed E-state index contributed by atoms with van der Waals surface area (Å²) in [6.45, 7) is 0. The van der Waals surface area contributed by atoms with Crippen LogP contribution in [0, 0.1) is 0 Å². The molecule has 0 unspecified atom stereocenters. The fourth-order valence-corrected chi connectivity index (χ4v) is 0. The summed E-state index contributed by atoms with van der Waals surface area (Å²) in [5.74, 6) is 0. The summed E-state index contributed by atoms with van der Waals surface area (Å²) in [7, 11) is 0. The van der Waals surface area contributed by atoms with Crippen molar-refractivity contribution in [3.63, 3.8) is 0 Å². The van der Waals surface area contributed by atoms with Gasteiger partial charge in [0.25, 0.3) is 0 Å². The van der Waals surface area contributed by atoms with Gasteiger partial charge in [-0.1, -0.05) is 0 Å². The third-order valence-electron chi connectivity index (χ3n) is 0. The second-order valence-corrected chi connectivity index (χ2v) is 0. The molecule has 0 rings (SSSR count). The largest absolute Gasteiger partial charge is 0 e. The Balaban J connectivity index is 0. The minimum absolute atomic E-state index is 0. The molecule has 0 atom stereocenters. The maximum absolute atomic E-state index is 0. The summed E-state index contributed by atoms with van der Waals surface area (Å²) in [5, 5.41) is 0. The number of rotatable bonds is 0. The molecule has 0 heterocycles.